The molecule has 1 N–H and O–H groups in total. The molecule has 0 amide bonds. The van der Waals surface area contributed by atoms with E-state index in [1.165, 1.54) is 25.5 Å². The summed E-state index contributed by atoms with van der Waals surface area (Å²) in [5, 5.41) is 6.41. The molecule has 3 heterocycles. The number of esters is 1. The number of ether oxygens (including phenoxy) is 1. The normalized spacial score (nSPS) is 15.9. The Labute approximate surface area is 156 Å². The van der Waals surface area contributed by atoms with Gasteiger partial charge >= 0.3 is 5.97 Å². The van der Waals surface area contributed by atoms with E-state index in [-0.39, 0.29) is 11.6 Å². The standard InChI is InChI=1S/C20H22N4O3/c1-27-20(26)16-12-23(11-15-18(16)21-22-19(15)25)13-17(24-9-5-6-10-24)14-7-3-2-4-8-14/h2-4,7-8,11-12,17H,5-6,9-10,13H2,1H3,(H,22,25)/t17-/m1/s1. The quantitative estimate of drug-likeness (QED) is 0.701. The first-order valence-electron chi connectivity index (χ1n) is 9.13. The van der Waals surface area contributed by atoms with Gasteiger partial charge in [0.25, 0.3) is 5.56 Å². The van der Waals surface area contributed by atoms with Crippen molar-refractivity contribution in [1.82, 2.24) is 19.7 Å². The molecule has 3 aliphatic rings. The van der Waals surface area contributed by atoms with Crippen molar-refractivity contribution in [2.45, 2.75) is 25.4 Å². The molecule has 1 atom stereocenters. The number of nitrogens with zero attached hydrogens (tertiary/aromatic N) is 3. The number of H-pyrrole nitrogens is 1. The fraction of sp³-hybridized carbons (Fsp3) is 0.350. The van der Waals surface area contributed by atoms with Gasteiger partial charge in [0.1, 0.15) is 11.3 Å². The van der Waals surface area contributed by atoms with Gasteiger partial charge in [0.2, 0.25) is 0 Å². The lowest BCUT2D eigenvalue weighted by Crippen LogP contribution is -2.29. The first-order chi connectivity index (χ1) is 13.2. The van der Waals surface area contributed by atoms with Crippen LogP contribution in [0.3, 0.4) is 0 Å². The minimum atomic E-state index is -0.502. The summed E-state index contributed by atoms with van der Waals surface area (Å²) in [6.07, 6.45) is 5.86. The summed E-state index contributed by atoms with van der Waals surface area (Å²) in [4.78, 5) is 26.8. The molecule has 0 aliphatic carbocycles. The molecule has 0 saturated carbocycles. The third-order valence-corrected chi connectivity index (χ3v) is 5.17. The summed E-state index contributed by atoms with van der Waals surface area (Å²) in [5.74, 6) is -0.502. The summed E-state index contributed by atoms with van der Waals surface area (Å²) in [5.41, 5.74) is 1.95. The summed E-state index contributed by atoms with van der Waals surface area (Å²) >= 11 is 0. The van der Waals surface area contributed by atoms with Crippen molar-refractivity contribution in [2.24, 2.45) is 0 Å². The highest BCUT2D eigenvalue weighted by Crippen LogP contribution is 2.28. The molecular formula is C20H22N4O3. The number of carbonyl (C=O) groups excluding carboxylic acids is 1. The van der Waals surface area contributed by atoms with Gasteiger partial charge in [-0.15, -0.1) is 0 Å². The molecule has 0 unspecified atom stereocenters. The Kier molecular flexibility index (Phi) is 4.77. The van der Waals surface area contributed by atoms with Crippen molar-refractivity contribution in [3.63, 3.8) is 0 Å². The minimum Gasteiger partial charge on any atom is -0.465 e. The molecule has 1 fully saturated rings. The fourth-order valence-electron chi connectivity index (χ4n) is 3.81. The van der Waals surface area contributed by atoms with E-state index >= 15 is 0 Å². The smallest absolute Gasteiger partial charge is 0.341 e. The number of pyridine rings is 1. The molecule has 4 rings (SSSR count). The predicted molar refractivity (Wildman–Crippen MR) is 101 cm³/mol. The summed E-state index contributed by atoms with van der Waals surface area (Å²) in [6.45, 7) is 2.73. The number of benzene rings is 1. The maximum atomic E-state index is 12.2. The van der Waals surface area contributed by atoms with Crippen LogP contribution in [0.25, 0.3) is 11.3 Å². The van der Waals surface area contributed by atoms with Gasteiger partial charge in [-0.2, -0.15) is 5.10 Å². The average Bonchev–Trinajstić information content (AvgIpc) is 3.36. The zero-order valence-electron chi connectivity index (χ0n) is 15.2. The maximum Gasteiger partial charge on any atom is 0.341 e. The lowest BCUT2D eigenvalue weighted by atomic mass is 10.0. The number of methoxy groups -OCH3 is 1. The molecule has 0 spiro atoms. The van der Waals surface area contributed by atoms with Crippen molar-refractivity contribution >= 4 is 5.97 Å². The van der Waals surface area contributed by atoms with Crippen LogP contribution in [0.4, 0.5) is 0 Å². The Balaban J connectivity index is 1.76. The van der Waals surface area contributed by atoms with Crippen LogP contribution in [-0.4, -0.2) is 45.8 Å². The number of nitrogens with one attached hydrogen (secondary N) is 1. The van der Waals surface area contributed by atoms with Crippen molar-refractivity contribution in [2.75, 3.05) is 20.2 Å². The van der Waals surface area contributed by atoms with Gasteiger partial charge in [-0.1, -0.05) is 30.3 Å². The highest BCUT2D eigenvalue weighted by Gasteiger charge is 2.26. The van der Waals surface area contributed by atoms with Crippen molar-refractivity contribution < 1.29 is 9.53 Å². The van der Waals surface area contributed by atoms with Gasteiger partial charge in [-0.05, 0) is 31.5 Å². The van der Waals surface area contributed by atoms with Crippen LogP contribution in [0.15, 0.2) is 47.5 Å². The molecule has 3 aliphatic heterocycles. The Morgan fingerprint density at radius 2 is 1.96 bits per heavy atom. The number of hydrogen-bond donors (Lipinski definition) is 1. The Bertz CT molecular complexity index is 957. The second-order valence-electron chi connectivity index (χ2n) is 6.84. The third kappa shape index (κ3) is 3.38. The molecule has 1 aromatic rings. The first kappa shape index (κ1) is 17.5. The molecule has 27 heavy (non-hydrogen) atoms. The van der Waals surface area contributed by atoms with Crippen LogP contribution < -0.4 is 5.56 Å². The van der Waals surface area contributed by atoms with E-state index in [0.29, 0.717) is 23.4 Å². The summed E-state index contributed by atoms with van der Waals surface area (Å²) in [6, 6.07) is 10.5. The van der Waals surface area contributed by atoms with Crippen LogP contribution in [-0.2, 0) is 11.3 Å². The fourth-order valence-corrected chi connectivity index (χ4v) is 3.81. The first-order valence-corrected chi connectivity index (χ1v) is 9.13. The monoisotopic (exact) mass is 366 g/mol. The SMILES string of the molecule is COC(=O)c1cn(C[C@H](c2ccccc2)N2CCCC2)cc2c(=O)[nH]nc1-2. The van der Waals surface area contributed by atoms with E-state index in [9.17, 15) is 9.59 Å². The maximum absolute atomic E-state index is 12.2. The largest absolute Gasteiger partial charge is 0.465 e. The molecule has 7 heteroatoms. The highest BCUT2D eigenvalue weighted by atomic mass is 16.5. The van der Waals surface area contributed by atoms with Crippen molar-refractivity contribution in [1.29, 1.82) is 0 Å². The summed E-state index contributed by atoms with van der Waals surface area (Å²) < 4.78 is 6.78. The molecule has 0 bridgehead atoms. The van der Waals surface area contributed by atoms with Crippen molar-refractivity contribution in [3.05, 3.63) is 64.2 Å². The second kappa shape index (κ2) is 7.36. The molecule has 0 aromatic heterocycles. The topological polar surface area (TPSA) is 80.2 Å². The average molecular weight is 366 g/mol. The Morgan fingerprint density at radius 1 is 1.22 bits per heavy atom. The Hall–Kier alpha value is -2.93. The number of aromatic nitrogens is 3. The third-order valence-electron chi connectivity index (χ3n) is 5.17. The molecule has 7 nitrogen and oxygen atoms in total. The lowest BCUT2D eigenvalue weighted by molar-refractivity contribution is 0.0600. The second-order valence-corrected chi connectivity index (χ2v) is 6.84. The minimum absolute atomic E-state index is 0.170. The number of fused-ring (bicyclic) bond motifs is 1. The number of rotatable bonds is 5. The van der Waals surface area contributed by atoms with E-state index in [0.717, 1.165) is 13.1 Å². The van der Waals surface area contributed by atoms with Crippen LogP contribution in [0.2, 0.25) is 0 Å². The molecule has 1 aromatic carbocycles. The highest BCUT2D eigenvalue weighted by molar-refractivity contribution is 5.95. The molecule has 140 valence electrons. The van der Waals surface area contributed by atoms with Gasteiger partial charge in [0.15, 0.2) is 0 Å². The van der Waals surface area contributed by atoms with Crippen LogP contribution in [0.1, 0.15) is 34.8 Å². The van der Waals surface area contributed by atoms with Gasteiger partial charge in [0.05, 0.1) is 18.7 Å². The number of hydrogen-bond acceptors (Lipinski definition) is 5. The van der Waals surface area contributed by atoms with Gasteiger partial charge in [-0.3, -0.25) is 9.69 Å². The van der Waals surface area contributed by atoms with Crippen molar-refractivity contribution in [3.8, 4) is 11.3 Å². The Morgan fingerprint density at radius 3 is 2.67 bits per heavy atom. The van der Waals surface area contributed by atoms with Gasteiger partial charge in [0, 0.05) is 18.9 Å². The zero-order chi connectivity index (χ0) is 18.8. The van der Waals surface area contributed by atoms with E-state index in [4.69, 9.17) is 4.74 Å². The van der Waals surface area contributed by atoms with Crippen LogP contribution >= 0.6 is 0 Å². The summed E-state index contributed by atoms with van der Waals surface area (Å²) in [7, 11) is 1.33. The number of aromatic amines is 1. The van der Waals surface area contributed by atoms with E-state index in [1.807, 2.05) is 22.8 Å². The van der Waals surface area contributed by atoms with Gasteiger partial charge in [-0.25, -0.2) is 9.89 Å². The lowest BCUT2D eigenvalue weighted by Gasteiger charge is -2.29. The van der Waals surface area contributed by atoms with E-state index in [1.54, 1.807) is 12.4 Å². The van der Waals surface area contributed by atoms with E-state index in [2.05, 4.69) is 27.2 Å². The predicted octanol–water partition coefficient (Wildman–Crippen LogP) is 2.30. The molecule has 1 saturated heterocycles. The number of carbonyl (C=O) groups is 1. The zero-order valence-corrected chi connectivity index (χ0v) is 15.2. The van der Waals surface area contributed by atoms with Crippen LogP contribution in [0, 0.1) is 0 Å². The van der Waals surface area contributed by atoms with Gasteiger partial charge < -0.3 is 9.30 Å². The number of likely N-dealkylation sites (tertiary alicyclic amines) is 1. The van der Waals surface area contributed by atoms with E-state index < -0.39 is 5.97 Å². The molecular weight excluding hydrogens is 344 g/mol. The molecule has 0 radical (unpaired) electrons. The van der Waals surface area contributed by atoms with Crippen LogP contribution in [0.5, 0.6) is 0 Å².